The van der Waals surface area contributed by atoms with Gasteiger partial charge in [0.25, 0.3) is 0 Å². The van der Waals surface area contributed by atoms with Crippen molar-refractivity contribution in [2.75, 3.05) is 13.1 Å². The summed E-state index contributed by atoms with van der Waals surface area (Å²) < 4.78 is 40.3. The Labute approximate surface area is 206 Å². The van der Waals surface area contributed by atoms with Gasteiger partial charge >= 0.3 is 0 Å². The smallest absolute Gasteiger partial charge is 0.241 e. The van der Waals surface area contributed by atoms with Crippen LogP contribution < -0.4 is 4.72 Å². The fourth-order valence-electron chi connectivity index (χ4n) is 4.28. The first-order valence-electron chi connectivity index (χ1n) is 11.9. The molecule has 1 atom stereocenters. The molecule has 0 aliphatic carbocycles. The molecule has 0 unspecified atom stereocenters. The van der Waals surface area contributed by atoms with Crippen molar-refractivity contribution in [3.63, 3.8) is 0 Å². The largest absolute Gasteiger partial charge is 0.464 e. The van der Waals surface area contributed by atoms with E-state index in [9.17, 15) is 13.2 Å². The number of carbonyl (C=O) groups excluding carboxylic acids is 1. The SMILES string of the molecule is CC(C)CN(CC(C)C)C(=O)[C@@H](Cc1ccc2occc2c1)NS(=O)(=O)c1ccc2occc2c1. The van der Waals surface area contributed by atoms with E-state index >= 15 is 0 Å². The number of amides is 1. The number of nitrogens with zero attached hydrogens (tertiary/aromatic N) is 1. The highest BCUT2D eigenvalue weighted by Gasteiger charge is 2.30. The van der Waals surface area contributed by atoms with E-state index in [0.29, 0.717) is 24.1 Å². The molecule has 0 aliphatic rings. The highest BCUT2D eigenvalue weighted by atomic mass is 32.2. The van der Waals surface area contributed by atoms with Gasteiger partial charge in [-0.05, 0) is 66.3 Å². The van der Waals surface area contributed by atoms with Crippen molar-refractivity contribution < 1.29 is 22.0 Å². The molecule has 1 N–H and O–H groups in total. The number of rotatable bonds is 10. The van der Waals surface area contributed by atoms with Gasteiger partial charge in [-0.25, -0.2) is 8.42 Å². The van der Waals surface area contributed by atoms with E-state index in [1.165, 1.54) is 12.3 Å². The third-order valence-electron chi connectivity index (χ3n) is 5.77. The molecule has 0 radical (unpaired) electrons. The summed E-state index contributed by atoms with van der Waals surface area (Å²) in [5.74, 6) is 0.272. The van der Waals surface area contributed by atoms with Crippen LogP contribution in [-0.2, 0) is 21.2 Å². The topological polar surface area (TPSA) is 92.8 Å². The average molecular weight is 497 g/mol. The Bertz CT molecular complexity index is 1410. The van der Waals surface area contributed by atoms with Crippen LogP contribution in [0.5, 0.6) is 0 Å². The van der Waals surface area contributed by atoms with Crippen molar-refractivity contribution in [2.45, 2.75) is 45.1 Å². The summed E-state index contributed by atoms with van der Waals surface area (Å²) in [5.41, 5.74) is 2.19. The van der Waals surface area contributed by atoms with E-state index in [4.69, 9.17) is 8.83 Å². The van der Waals surface area contributed by atoms with E-state index < -0.39 is 16.1 Å². The highest BCUT2D eigenvalue weighted by Crippen LogP contribution is 2.22. The Balaban J connectivity index is 1.67. The lowest BCUT2D eigenvalue weighted by Gasteiger charge is -2.30. The summed E-state index contributed by atoms with van der Waals surface area (Å²) in [6.07, 6.45) is 3.35. The average Bonchev–Trinajstić information content (AvgIpc) is 3.45. The second kappa shape index (κ2) is 10.3. The monoisotopic (exact) mass is 496 g/mol. The fourth-order valence-corrected chi connectivity index (χ4v) is 5.51. The molecule has 4 rings (SSSR count). The summed E-state index contributed by atoms with van der Waals surface area (Å²) in [6, 6.07) is 12.9. The molecule has 186 valence electrons. The van der Waals surface area contributed by atoms with Crippen LogP contribution in [0.3, 0.4) is 0 Å². The zero-order chi connectivity index (χ0) is 25.2. The number of furan rings is 2. The van der Waals surface area contributed by atoms with Gasteiger partial charge in [0.05, 0.1) is 17.4 Å². The molecule has 8 heteroatoms. The van der Waals surface area contributed by atoms with Gasteiger partial charge in [0.1, 0.15) is 17.2 Å². The molecule has 0 spiro atoms. The Morgan fingerprint density at radius 1 is 0.857 bits per heavy atom. The minimum atomic E-state index is -3.97. The van der Waals surface area contributed by atoms with Crippen molar-refractivity contribution in [2.24, 2.45) is 11.8 Å². The van der Waals surface area contributed by atoms with Crippen LogP contribution in [0.15, 0.2) is 74.8 Å². The number of sulfonamides is 1. The Hall–Kier alpha value is -3.10. The predicted octanol–water partition coefficient (Wildman–Crippen LogP) is 5.21. The van der Waals surface area contributed by atoms with Crippen molar-refractivity contribution in [3.8, 4) is 0 Å². The van der Waals surface area contributed by atoms with Crippen LogP contribution >= 0.6 is 0 Å². The summed E-state index contributed by atoms with van der Waals surface area (Å²) in [6.45, 7) is 9.30. The van der Waals surface area contributed by atoms with Crippen molar-refractivity contribution in [1.82, 2.24) is 9.62 Å². The van der Waals surface area contributed by atoms with Gasteiger partial charge in [0, 0.05) is 23.9 Å². The Morgan fingerprint density at radius 2 is 1.43 bits per heavy atom. The second-order valence-electron chi connectivity index (χ2n) is 9.82. The zero-order valence-corrected chi connectivity index (χ0v) is 21.3. The molecular weight excluding hydrogens is 464 g/mol. The van der Waals surface area contributed by atoms with Crippen LogP contribution in [0.2, 0.25) is 0 Å². The molecule has 0 saturated carbocycles. The van der Waals surface area contributed by atoms with Crippen molar-refractivity contribution in [3.05, 3.63) is 66.6 Å². The van der Waals surface area contributed by atoms with E-state index in [1.54, 1.807) is 29.4 Å². The van der Waals surface area contributed by atoms with Crippen LogP contribution in [0.4, 0.5) is 0 Å². The number of nitrogens with one attached hydrogen (secondary N) is 1. The number of fused-ring (bicyclic) bond motifs is 2. The van der Waals surface area contributed by atoms with Gasteiger partial charge in [-0.2, -0.15) is 4.72 Å². The maximum absolute atomic E-state index is 13.8. The van der Waals surface area contributed by atoms with Gasteiger partial charge in [0.15, 0.2) is 0 Å². The molecule has 35 heavy (non-hydrogen) atoms. The highest BCUT2D eigenvalue weighted by molar-refractivity contribution is 7.89. The third-order valence-corrected chi connectivity index (χ3v) is 7.24. The summed E-state index contributed by atoms with van der Waals surface area (Å²) in [5, 5.41) is 1.59. The molecule has 4 aromatic rings. The molecule has 2 aromatic carbocycles. The first kappa shape index (κ1) is 25.0. The maximum Gasteiger partial charge on any atom is 0.241 e. The summed E-state index contributed by atoms with van der Waals surface area (Å²) in [7, 11) is -3.97. The van der Waals surface area contributed by atoms with E-state index in [2.05, 4.69) is 4.72 Å². The minimum Gasteiger partial charge on any atom is -0.464 e. The van der Waals surface area contributed by atoms with Crippen molar-refractivity contribution >= 4 is 37.9 Å². The lowest BCUT2D eigenvalue weighted by molar-refractivity contribution is -0.134. The van der Waals surface area contributed by atoms with E-state index in [1.807, 2.05) is 52.0 Å². The normalized spacial score (nSPS) is 13.2. The summed E-state index contributed by atoms with van der Waals surface area (Å²) >= 11 is 0. The van der Waals surface area contributed by atoms with Crippen molar-refractivity contribution in [1.29, 1.82) is 0 Å². The number of hydrogen-bond donors (Lipinski definition) is 1. The zero-order valence-electron chi connectivity index (χ0n) is 20.5. The molecule has 1 amide bonds. The Kier molecular flexibility index (Phi) is 7.33. The molecule has 2 heterocycles. The third kappa shape index (κ3) is 5.94. The first-order valence-corrected chi connectivity index (χ1v) is 13.3. The van der Waals surface area contributed by atoms with Crippen LogP contribution in [0, 0.1) is 11.8 Å². The molecule has 0 bridgehead atoms. The molecule has 7 nitrogen and oxygen atoms in total. The molecule has 0 saturated heterocycles. The quantitative estimate of drug-likeness (QED) is 0.325. The maximum atomic E-state index is 13.8. The molecular formula is C27H32N2O5S. The lowest BCUT2D eigenvalue weighted by Crippen LogP contribution is -2.51. The van der Waals surface area contributed by atoms with Gasteiger partial charge < -0.3 is 13.7 Å². The van der Waals surface area contributed by atoms with Gasteiger partial charge in [0.2, 0.25) is 15.9 Å². The molecule has 2 aromatic heterocycles. The van der Waals surface area contributed by atoms with Gasteiger partial charge in [-0.15, -0.1) is 0 Å². The first-order chi connectivity index (χ1) is 16.6. The van der Waals surface area contributed by atoms with Gasteiger partial charge in [-0.1, -0.05) is 33.8 Å². The van der Waals surface area contributed by atoms with E-state index in [0.717, 1.165) is 16.5 Å². The van der Waals surface area contributed by atoms with Crippen LogP contribution in [0.25, 0.3) is 21.9 Å². The lowest BCUT2D eigenvalue weighted by atomic mass is 10.0. The number of hydrogen-bond acceptors (Lipinski definition) is 5. The number of benzene rings is 2. The van der Waals surface area contributed by atoms with E-state index in [-0.39, 0.29) is 29.1 Å². The van der Waals surface area contributed by atoms with Gasteiger partial charge in [-0.3, -0.25) is 4.79 Å². The fraction of sp³-hybridized carbons (Fsp3) is 0.370. The molecule has 0 fully saturated rings. The number of carbonyl (C=O) groups is 1. The summed E-state index contributed by atoms with van der Waals surface area (Å²) in [4.78, 5) is 15.6. The Morgan fingerprint density at radius 3 is 2.03 bits per heavy atom. The second-order valence-corrected chi connectivity index (χ2v) is 11.5. The van der Waals surface area contributed by atoms with Crippen LogP contribution in [0.1, 0.15) is 33.3 Å². The predicted molar refractivity (Wildman–Crippen MR) is 136 cm³/mol. The molecule has 0 aliphatic heterocycles. The van der Waals surface area contributed by atoms with Crippen LogP contribution in [-0.4, -0.2) is 38.4 Å². The minimum absolute atomic E-state index is 0.0914. The standard InChI is InChI=1S/C27H32N2O5S/c1-18(2)16-29(17-19(3)4)27(30)24(14-20-5-7-25-21(13-20)9-11-33-25)28-35(31,32)23-6-8-26-22(15-23)10-12-34-26/h5-13,15,18-19,24,28H,14,16-17H2,1-4H3/t24-/m1/s1.